The van der Waals surface area contributed by atoms with E-state index in [1.165, 1.54) is 12.1 Å². The summed E-state index contributed by atoms with van der Waals surface area (Å²) in [6.45, 7) is 3.35. The molecule has 0 heterocycles. The molecule has 0 atom stereocenters. The number of anilines is 1. The first-order chi connectivity index (χ1) is 9.90. The fraction of sp³-hybridized carbons (Fsp3) is 0.0625. The summed E-state index contributed by atoms with van der Waals surface area (Å²) >= 11 is 0. The quantitative estimate of drug-likeness (QED) is 0.829. The van der Waals surface area contributed by atoms with Gasteiger partial charge in [-0.3, -0.25) is 4.79 Å². The van der Waals surface area contributed by atoms with Gasteiger partial charge in [0.2, 0.25) is 5.91 Å². The number of alkyl halides is 3. The third kappa shape index (κ3) is 3.72. The van der Waals surface area contributed by atoms with Gasteiger partial charge in [-0.25, -0.2) is 0 Å². The molecular weight excluding hydrogens is 279 g/mol. The zero-order valence-corrected chi connectivity index (χ0v) is 10.9. The number of halogens is 3. The summed E-state index contributed by atoms with van der Waals surface area (Å²) in [5, 5.41) is 2.59. The van der Waals surface area contributed by atoms with Crippen LogP contribution >= 0.6 is 0 Å². The van der Waals surface area contributed by atoms with Crippen LogP contribution in [0.15, 0.2) is 61.2 Å². The number of hydrogen-bond acceptors (Lipinski definition) is 1. The van der Waals surface area contributed by atoms with Crippen molar-refractivity contribution in [3.63, 3.8) is 0 Å². The summed E-state index contributed by atoms with van der Waals surface area (Å²) in [4.78, 5) is 11.1. The monoisotopic (exact) mass is 291 g/mol. The topological polar surface area (TPSA) is 29.1 Å². The lowest BCUT2D eigenvalue weighted by Gasteiger charge is -2.08. The number of rotatable bonds is 3. The summed E-state index contributed by atoms with van der Waals surface area (Å²) < 4.78 is 37.4. The molecular formula is C16H12F3NO. The van der Waals surface area contributed by atoms with E-state index >= 15 is 0 Å². The molecule has 0 bridgehead atoms. The number of carbonyl (C=O) groups is 1. The van der Waals surface area contributed by atoms with Gasteiger partial charge in [-0.05, 0) is 41.5 Å². The van der Waals surface area contributed by atoms with Gasteiger partial charge in [0, 0.05) is 5.69 Å². The Bertz CT molecular complexity index is 643. The molecule has 0 aliphatic rings. The van der Waals surface area contributed by atoms with Crippen molar-refractivity contribution in [1.82, 2.24) is 0 Å². The molecule has 0 spiro atoms. The lowest BCUT2D eigenvalue weighted by Crippen LogP contribution is -2.06. The molecule has 0 saturated heterocycles. The molecule has 0 aliphatic carbocycles. The molecule has 2 nitrogen and oxygen atoms in total. The molecule has 0 radical (unpaired) electrons. The smallest absolute Gasteiger partial charge is 0.323 e. The van der Waals surface area contributed by atoms with Crippen LogP contribution in [0.4, 0.5) is 18.9 Å². The van der Waals surface area contributed by atoms with Crippen molar-refractivity contribution in [2.45, 2.75) is 6.18 Å². The Morgan fingerprint density at radius 1 is 0.952 bits per heavy atom. The van der Waals surface area contributed by atoms with Crippen LogP contribution in [0.1, 0.15) is 5.56 Å². The van der Waals surface area contributed by atoms with Gasteiger partial charge >= 0.3 is 6.18 Å². The average molecular weight is 291 g/mol. The van der Waals surface area contributed by atoms with Gasteiger partial charge in [0.25, 0.3) is 0 Å². The summed E-state index contributed by atoms with van der Waals surface area (Å²) in [6, 6.07) is 11.7. The van der Waals surface area contributed by atoms with E-state index in [1.54, 1.807) is 24.3 Å². The maximum absolute atomic E-state index is 12.5. The second-order valence-electron chi connectivity index (χ2n) is 4.35. The Morgan fingerprint density at radius 3 is 1.86 bits per heavy atom. The second kappa shape index (κ2) is 5.83. The molecule has 0 aromatic heterocycles. The summed E-state index contributed by atoms with van der Waals surface area (Å²) in [5.74, 6) is -0.322. The zero-order chi connectivity index (χ0) is 15.5. The SMILES string of the molecule is C=CC(=O)Nc1ccc(-c2ccc(C(F)(F)F)cc2)cc1. The highest BCUT2D eigenvalue weighted by atomic mass is 19.4. The molecule has 2 aromatic rings. The Balaban J connectivity index is 2.19. The molecule has 5 heteroatoms. The summed E-state index contributed by atoms with van der Waals surface area (Å²) in [7, 11) is 0. The highest BCUT2D eigenvalue weighted by molar-refractivity contribution is 5.98. The molecule has 1 N–H and O–H groups in total. The van der Waals surface area contributed by atoms with Gasteiger partial charge < -0.3 is 5.32 Å². The number of amides is 1. The van der Waals surface area contributed by atoms with Gasteiger partial charge in [-0.15, -0.1) is 0 Å². The highest BCUT2D eigenvalue weighted by Gasteiger charge is 2.29. The first-order valence-electron chi connectivity index (χ1n) is 6.11. The van der Waals surface area contributed by atoms with Crippen LogP contribution in [-0.4, -0.2) is 5.91 Å². The second-order valence-corrected chi connectivity index (χ2v) is 4.35. The third-order valence-corrected chi connectivity index (χ3v) is 2.88. The van der Waals surface area contributed by atoms with Gasteiger partial charge in [-0.1, -0.05) is 30.8 Å². The van der Waals surface area contributed by atoms with Crippen molar-refractivity contribution in [2.75, 3.05) is 5.32 Å². The van der Waals surface area contributed by atoms with Crippen LogP contribution < -0.4 is 5.32 Å². The predicted octanol–water partition coefficient (Wildman–Crippen LogP) is 4.50. The first-order valence-corrected chi connectivity index (χ1v) is 6.11. The highest BCUT2D eigenvalue weighted by Crippen LogP contribution is 2.31. The van der Waals surface area contributed by atoms with Crippen molar-refractivity contribution in [3.8, 4) is 11.1 Å². The number of hydrogen-bond donors (Lipinski definition) is 1. The molecule has 0 aliphatic heterocycles. The van der Waals surface area contributed by atoms with Crippen LogP contribution in [0.25, 0.3) is 11.1 Å². The third-order valence-electron chi connectivity index (χ3n) is 2.88. The van der Waals surface area contributed by atoms with E-state index in [1.807, 2.05) is 0 Å². The van der Waals surface area contributed by atoms with Crippen LogP contribution in [0.5, 0.6) is 0 Å². The van der Waals surface area contributed by atoms with E-state index in [0.29, 0.717) is 11.3 Å². The maximum atomic E-state index is 12.5. The van der Waals surface area contributed by atoms with Crippen molar-refractivity contribution in [3.05, 3.63) is 66.7 Å². The molecule has 21 heavy (non-hydrogen) atoms. The van der Waals surface area contributed by atoms with Gasteiger partial charge in [0.15, 0.2) is 0 Å². The van der Waals surface area contributed by atoms with Crippen molar-refractivity contribution >= 4 is 11.6 Å². The van der Waals surface area contributed by atoms with E-state index in [0.717, 1.165) is 23.8 Å². The molecule has 108 valence electrons. The minimum atomic E-state index is -4.34. The lowest BCUT2D eigenvalue weighted by molar-refractivity contribution is -0.137. The number of carbonyl (C=O) groups excluding carboxylic acids is 1. The van der Waals surface area contributed by atoms with Gasteiger partial charge in [-0.2, -0.15) is 13.2 Å². The average Bonchev–Trinajstić information content (AvgIpc) is 2.47. The molecule has 0 unspecified atom stereocenters. The van der Waals surface area contributed by atoms with Crippen LogP contribution in [0.2, 0.25) is 0 Å². The summed E-state index contributed by atoms with van der Waals surface area (Å²) in [5.41, 5.74) is 1.35. The normalized spacial score (nSPS) is 11.0. The zero-order valence-electron chi connectivity index (χ0n) is 10.9. The van der Waals surface area contributed by atoms with Crippen LogP contribution in [0, 0.1) is 0 Å². The first kappa shape index (κ1) is 14.8. The summed E-state index contributed by atoms with van der Waals surface area (Å²) in [6.07, 6.45) is -3.18. The molecule has 2 rings (SSSR count). The Kier molecular flexibility index (Phi) is 4.12. The Labute approximate surface area is 119 Å². The van der Waals surface area contributed by atoms with Gasteiger partial charge in [0.05, 0.1) is 5.56 Å². The fourth-order valence-corrected chi connectivity index (χ4v) is 1.79. The maximum Gasteiger partial charge on any atom is 0.416 e. The fourth-order valence-electron chi connectivity index (χ4n) is 1.79. The number of benzene rings is 2. The molecule has 0 saturated carbocycles. The number of nitrogens with one attached hydrogen (secondary N) is 1. The molecule has 0 fully saturated rings. The predicted molar refractivity (Wildman–Crippen MR) is 75.7 cm³/mol. The van der Waals surface area contributed by atoms with Crippen LogP contribution in [0.3, 0.4) is 0 Å². The van der Waals surface area contributed by atoms with Gasteiger partial charge in [0.1, 0.15) is 0 Å². The van der Waals surface area contributed by atoms with Crippen molar-refractivity contribution in [2.24, 2.45) is 0 Å². The van der Waals surface area contributed by atoms with E-state index in [9.17, 15) is 18.0 Å². The Morgan fingerprint density at radius 2 is 1.43 bits per heavy atom. The van der Waals surface area contributed by atoms with Crippen LogP contribution in [-0.2, 0) is 11.0 Å². The molecule has 2 aromatic carbocycles. The van der Waals surface area contributed by atoms with Crippen molar-refractivity contribution in [1.29, 1.82) is 0 Å². The largest absolute Gasteiger partial charge is 0.416 e. The molecule has 1 amide bonds. The standard InChI is InChI=1S/C16H12F3NO/c1-2-15(21)20-14-9-5-12(6-10-14)11-3-7-13(8-4-11)16(17,18)19/h2-10H,1H2,(H,20,21). The minimum absolute atomic E-state index is 0.322. The van der Waals surface area contributed by atoms with E-state index in [2.05, 4.69) is 11.9 Å². The van der Waals surface area contributed by atoms with E-state index in [4.69, 9.17) is 0 Å². The van der Waals surface area contributed by atoms with E-state index in [-0.39, 0.29) is 5.91 Å². The lowest BCUT2D eigenvalue weighted by atomic mass is 10.0. The van der Waals surface area contributed by atoms with Crippen molar-refractivity contribution < 1.29 is 18.0 Å². The van der Waals surface area contributed by atoms with E-state index < -0.39 is 11.7 Å². The Hall–Kier alpha value is -2.56. The minimum Gasteiger partial charge on any atom is -0.323 e.